The summed E-state index contributed by atoms with van der Waals surface area (Å²) in [7, 11) is 0. The number of rotatable bonds is 5. The number of amides is 2. The number of carbonyl (C=O) groups is 2. The Labute approximate surface area is 155 Å². The number of aromatic nitrogens is 2. The molecule has 2 heterocycles. The smallest absolute Gasteiger partial charge is 0.255 e. The zero-order valence-electron chi connectivity index (χ0n) is 14.3. The first-order chi connectivity index (χ1) is 12.4. The summed E-state index contributed by atoms with van der Waals surface area (Å²) in [5, 5.41) is 5.34. The predicted molar refractivity (Wildman–Crippen MR) is 100 cm³/mol. The highest BCUT2D eigenvalue weighted by Gasteiger charge is 2.14. The van der Waals surface area contributed by atoms with Crippen LogP contribution in [0.2, 0.25) is 0 Å². The van der Waals surface area contributed by atoms with Crippen LogP contribution in [0, 0.1) is 18.6 Å². The quantitative estimate of drug-likeness (QED) is 0.602. The fourth-order valence-electron chi connectivity index (χ4n) is 2.57. The molecule has 0 aliphatic rings. The number of H-pyrrole nitrogens is 1. The number of furan rings is 1. The van der Waals surface area contributed by atoms with Crippen LogP contribution in [0.25, 0.3) is 5.69 Å². The van der Waals surface area contributed by atoms with Crippen molar-refractivity contribution >= 4 is 29.7 Å². The first-order valence-electron chi connectivity index (χ1n) is 7.95. The highest BCUT2D eigenvalue weighted by atomic mass is 32.1. The first kappa shape index (κ1) is 17.7. The molecule has 0 bridgehead atoms. The second-order valence-electron chi connectivity index (χ2n) is 5.74. The van der Waals surface area contributed by atoms with Gasteiger partial charge < -0.3 is 20.0 Å². The largest absolute Gasteiger partial charge is 0.466 e. The Kier molecular flexibility index (Phi) is 5.04. The summed E-state index contributed by atoms with van der Waals surface area (Å²) in [6.07, 6.45) is 3.54. The second kappa shape index (κ2) is 7.40. The van der Waals surface area contributed by atoms with Gasteiger partial charge in [-0.05, 0) is 50.3 Å². The van der Waals surface area contributed by atoms with Gasteiger partial charge in [-0.15, -0.1) is 0 Å². The summed E-state index contributed by atoms with van der Waals surface area (Å²) in [5.74, 6) is 0.501. The zero-order valence-corrected chi connectivity index (χ0v) is 15.1. The molecule has 0 fully saturated rings. The molecule has 0 aliphatic carbocycles. The van der Waals surface area contributed by atoms with Gasteiger partial charge in [-0.25, -0.2) is 0 Å². The Morgan fingerprint density at radius 2 is 2.08 bits per heavy atom. The molecule has 3 aromatic rings. The van der Waals surface area contributed by atoms with Gasteiger partial charge in [0.15, 0.2) is 4.77 Å². The molecule has 0 spiro atoms. The Morgan fingerprint density at radius 3 is 2.73 bits per heavy atom. The molecule has 7 nitrogen and oxygen atoms in total. The minimum atomic E-state index is -0.345. The van der Waals surface area contributed by atoms with Crippen molar-refractivity contribution < 1.29 is 14.0 Å². The number of anilines is 1. The lowest BCUT2D eigenvalue weighted by Gasteiger charge is -2.09. The van der Waals surface area contributed by atoms with Gasteiger partial charge in [0, 0.05) is 23.8 Å². The normalized spacial score (nSPS) is 10.5. The lowest BCUT2D eigenvalue weighted by molar-refractivity contribution is -0.115. The Morgan fingerprint density at radius 1 is 1.27 bits per heavy atom. The molecule has 1 aromatic carbocycles. The predicted octanol–water partition coefficient (Wildman–Crippen LogP) is 3.11. The topological polar surface area (TPSA) is 92.1 Å². The third kappa shape index (κ3) is 3.92. The molecule has 0 atom stereocenters. The van der Waals surface area contributed by atoms with E-state index < -0.39 is 0 Å². The van der Waals surface area contributed by atoms with Crippen molar-refractivity contribution in [1.29, 1.82) is 0 Å². The van der Waals surface area contributed by atoms with Crippen LogP contribution in [0.1, 0.15) is 21.9 Å². The van der Waals surface area contributed by atoms with Crippen LogP contribution in [0.3, 0.4) is 0 Å². The Bertz CT molecular complexity index is 1020. The van der Waals surface area contributed by atoms with Gasteiger partial charge in [-0.3, -0.25) is 14.2 Å². The number of hydrogen-bond acceptors (Lipinski definition) is 4. The summed E-state index contributed by atoms with van der Waals surface area (Å²) in [6.45, 7) is 3.33. The number of aromatic amines is 1. The summed E-state index contributed by atoms with van der Waals surface area (Å²) in [4.78, 5) is 27.2. The number of carbonyl (C=O) groups excluding carboxylic acids is 2. The molecule has 26 heavy (non-hydrogen) atoms. The van der Waals surface area contributed by atoms with E-state index in [-0.39, 0.29) is 18.4 Å². The van der Waals surface area contributed by atoms with E-state index in [9.17, 15) is 9.59 Å². The van der Waals surface area contributed by atoms with Crippen LogP contribution in [-0.2, 0) is 4.79 Å². The van der Waals surface area contributed by atoms with Crippen molar-refractivity contribution in [2.24, 2.45) is 0 Å². The fraction of sp³-hybridized carbons (Fsp3) is 0.167. The maximum Gasteiger partial charge on any atom is 0.255 e. The van der Waals surface area contributed by atoms with Crippen LogP contribution in [-0.4, -0.2) is 27.9 Å². The molecule has 0 saturated heterocycles. The molecule has 3 N–H and O–H groups in total. The van der Waals surface area contributed by atoms with Crippen molar-refractivity contribution in [2.75, 3.05) is 11.9 Å². The summed E-state index contributed by atoms with van der Waals surface area (Å²) in [5.41, 5.74) is 1.86. The van der Waals surface area contributed by atoms with Crippen molar-refractivity contribution in [3.63, 3.8) is 0 Å². The van der Waals surface area contributed by atoms with Gasteiger partial charge >= 0.3 is 0 Å². The molecule has 2 aromatic heterocycles. The number of nitrogens with one attached hydrogen (secondary N) is 3. The molecule has 2 amide bonds. The summed E-state index contributed by atoms with van der Waals surface area (Å²) >= 11 is 5.19. The Hall–Kier alpha value is -3.13. The van der Waals surface area contributed by atoms with E-state index in [1.807, 2.05) is 12.1 Å². The van der Waals surface area contributed by atoms with Crippen molar-refractivity contribution in [1.82, 2.24) is 14.9 Å². The minimum Gasteiger partial charge on any atom is -0.466 e. The lowest BCUT2D eigenvalue weighted by atomic mass is 10.2. The van der Waals surface area contributed by atoms with Gasteiger partial charge in [0.1, 0.15) is 11.5 Å². The highest BCUT2D eigenvalue weighted by molar-refractivity contribution is 7.71. The lowest BCUT2D eigenvalue weighted by Crippen LogP contribution is -2.33. The third-order valence-electron chi connectivity index (χ3n) is 3.75. The average Bonchev–Trinajstić information content (AvgIpc) is 3.18. The van der Waals surface area contributed by atoms with Crippen LogP contribution < -0.4 is 10.6 Å². The van der Waals surface area contributed by atoms with Crippen LogP contribution >= 0.6 is 12.2 Å². The average molecular weight is 370 g/mol. The molecule has 0 unspecified atom stereocenters. The van der Waals surface area contributed by atoms with Gasteiger partial charge in [-0.2, -0.15) is 0 Å². The number of nitrogens with zero attached hydrogens (tertiary/aromatic N) is 1. The number of benzene rings is 1. The summed E-state index contributed by atoms with van der Waals surface area (Å²) in [6, 6.07) is 8.91. The molecule has 0 radical (unpaired) electrons. The van der Waals surface area contributed by atoms with Crippen molar-refractivity contribution in [3.05, 3.63) is 64.6 Å². The molecule has 3 rings (SSSR count). The van der Waals surface area contributed by atoms with E-state index in [4.69, 9.17) is 16.6 Å². The van der Waals surface area contributed by atoms with Crippen LogP contribution in [0.15, 0.2) is 47.1 Å². The van der Waals surface area contributed by atoms with Crippen molar-refractivity contribution in [2.45, 2.75) is 13.8 Å². The minimum absolute atomic E-state index is 0.143. The molecule has 134 valence electrons. The fourth-order valence-corrected chi connectivity index (χ4v) is 2.81. The van der Waals surface area contributed by atoms with E-state index in [0.29, 0.717) is 27.5 Å². The van der Waals surface area contributed by atoms with Gasteiger partial charge in [0.25, 0.3) is 5.91 Å². The maximum atomic E-state index is 12.1. The van der Waals surface area contributed by atoms with E-state index in [1.54, 1.807) is 49.0 Å². The molecular weight excluding hydrogens is 352 g/mol. The molecular formula is C18H18N4O3S. The third-order valence-corrected chi connectivity index (χ3v) is 4.07. The molecule has 8 heteroatoms. The molecule has 0 aliphatic heterocycles. The van der Waals surface area contributed by atoms with E-state index in [2.05, 4.69) is 15.6 Å². The van der Waals surface area contributed by atoms with E-state index in [0.717, 1.165) is 5.69 Å². The number of imidazole rings is 1. The van der Waals surface area contributed by atoms with Crippen LogP contribution in [0.5, 0.6) is 0 Å². The standard InChI is InChI=1S/C18H18N4O3S/c1-11-8-15(12(2)25-11)17(24)20-10-16(23)21-13-4-3-5-14(9-13)22-7-6-19-18(22)26/h3-9H,10H2,1-2H3,(H,19,26)(H,20,24)(H,21,23). The second-order valence-corrected chi connectivity index (χ2v) is 6.13. The maximum absolute atomic E-state index is 12.1. The van der Waals surface area contributed by atoms with Crippen LogP contribution in [0.4, 0.5) is 5.69 Å². The Balaban J connectivity index is 1.62. The SMILES string of the molecule is Cc1cc(C(=O)NCC(=O)Nc2cccc(-n3cc[nH]c3=S)c2)c(C)o1. The summed E-state index contributed by atoms with van der Waals surface area (Å²) < 4.78 is 7.67. The number of aryl methyl sites for hydroxylation is 2. The van der Waals surface area contributed by atoms with Gasteiger partial charge in [-0.1, -0.05) is 6.07 Å². The van der Waals surface area contributed by atoms with E-state index in [1.165, 1.54) is 0 Å². The van der Waals surface area contributed by atoms with Gasteiger partial charge in [0.2, 0.25) is 5.91 Å². The van der Waals surface area contributed by atoms with Gasteiger partial charge in [0.05, 0.1) is 12.1 Å². The van der Waals surface area contributed by atoms with Crippen molar-refractivity contribution in [3.8, 4) is 5.69 Å². The highest BCUT2D eigenvalue weighted by Crippen LogP contribution is 2.15. The number of hydrogen-bond donors (Lipinski definition) is 3. The molecule has 0 saturated carbocycles. The van der Waals surface area contributed by atoms with E-state index >= 15 is 0 Å². The zero-order chi connectivity index (χ0) is 18.7. The monoisotopic (exact) mass is 370 g/mol. The first-order valence-corrected chi connectivity index (χ1v) is 8.36.